The van der Waals surface area contributed by atoms with Gasteiger partial charge in [0.25, 0.3) is 5.69 Å². The van der Waals surface area contributed by atoms with Crippen LogP contribution in [0.25, 0.3) is 0 Å². The Labute approximate surface area is 127 Å². The Morgan fingerprint density at radius 1 is 1.14 bits per heavy atom. The number of pyridine rings is 1. The topological polar surface area (TPSA) is 74.5 Å². The van der Waals surface area contributed by atoms with Gasteiger partial charge in [-0.2, -0.15) is 0 Å². The first-order valence-corrected chi connectivity index (χ1v) is 7.13. The maximum atomic E-state index is 10.5. The molecule has 2 aromatic rings. The SMILES string of the molecule is O=[N+]([O-])c1ccc(O[C@H]2C[C@@H](OCc3ccccc3)C2)nc1. The minimum Gasteiger partial charge on any atom is -0.474 e. The summed E-state index contributed by atoms with van der Waals surface area (Å²) in [6.45, 7) is 0.605. The number of aromatic nitrogens is 1. The van der Waals surface area contributed by atoms with Crippen LogP contribution in [0.4, 0.5) is 5.69 Å². The molecule has 6 heteroatoms. The number of nitro groups is 1. The van der Waals surface area contributed by atoms with Crippen LogP contribution in [0.15, 0.2) is 48.7 Å². The molecule has 1 aromatic heterocycles. The summed E-state index contributed by atoms with van der Waals surface area (Å²) < 4.78 is 11.4. The van der Waals surface area contributed by atoms with Gasteiger partial charge in [-0.25, -0.2) is 4.98 Å². The molecule has 1 heterocycles. The van der Waals surface area contributed by atoms with Crippen molar-refractivity contribution in [2.24, 2.45) is 0 Å². The van der Waals surface area contributed by atoms with Crippen LogP contribution >= 0.6 is 0 Å². The summed E-state index contributed by atoms with van der Waals surface area (Å²) in [5.74, 6) is 0.414. The molecule has 0 atom stereocenters. The summed E-state index contributed by atoms with van der Waals surface area (Å²) in [4.78, 5) is 14.0. The Morgan fingerprint density at radius 3 is 2.55 bits per heavy atom. The van der Waals surface area contributed by atoms with Crippen LogP contribution in [-0.2, 0) is 11.3 Å². The van der Waals surface area contributed by atoms with Gasteiger partial charge in [-0.05, 0) is 5.56 Å². The highest BCUT2D eigenvalue weighted by atomic mass is 16.6. The Morgan fingerprint density at radius 2 is 1.91 bits per heavy atom. The summed E-state index contributed by atoms with van der Waals surface area (Å²) in [6.07, 6.45) is 3.09. The van der Waals surface area contributed by atoms with Crippen molar-refractivity contribution in [3.63, 3.8) is 0 Å². The molecule has 0 unspecified atom stereocenters. The minimum absolute atomic E-state index is 0.0370. The highest BCUT2D eigenvalue weighted by Gasteiger charge is 2.32. The van der Waals surface area contributed by atoms with E-state index in [4.69, 9.17) is 9.47 Å². The lowest BCUT2D eigenvalue weighted by Crippen LogP contribution is -2.39. The first kappa shape index (κ1) is 14.5. The largest absolute Gasteiger partial charge is 0.474 e. The fraction of sp³-hybridized carbons (Fsp3) is 0.312. The molecule has 3 rings (SSSR count). The monoisotopic (exact) mass is 300 g/mol. The molecule has 1 aliphatic carbocycles. The third-order valence-corrected chi connectivity index (χ3v) is 3.60. The van der Waals surface area contributed by atoms with E-state index in [1.807, 2.05) is 30.3 Å². The van der Waals surface area contributed by atoms with Crippen molar-refractivity contribution < 1.29 is 14.4 Å². The van der Waals surface area contributed by atoms with E-state index in [1.165, 1.54) is 18.3 Å². The van der Waals surface area contributed by atoms with Crippen molar-refractivity contribution >= 4 is 5.69 Å². The molecule has 22 heavy (non-hydrogen) atoms. The van der Waals surface area contributed by atoms with Crippen LogP contribution in [0.2, 0.25) is 0 Å². The van der Waals surface area contributed by atoms with E-state index in [1.54, 1.807) is 0 Å². The lowest BCUT2D eigenvalue weighted by atomic mass is 9.92. The number of hydrogen-bond acceptors (Lipinski definition) is 5. The molecular weight excluding hydrogens is 284 g/mol. The molecule has 0 amide bonds. The zero-order valence-electron chi connectivity index (χ0n) is 11.9. The first-order chi connectivity index (χ1) is 10.7. The van der Waals surface area contributed by atoms with Gasteiger partial charge in [0.15, 0.2) is 0 Å². The van der Waals surface area contributed by atoms with Crippen molar-refractivity contribution in [3.05, 3.63) is 64.3 Å². The zero-order chi connectivity index (χ0) is 15.4. The Hall–Kier alpha value is -2.47. The van der Waals surface area contributed by atoms with Gasteiger partial charge in [-0.1, -0.05) is 30.3 Å². The maximum absolute atomic E-state index is 10.5. The molecule has 0 spiro atoms. The van der Waals surface area contributed by atoms with E-state index in [9.17, 15) is 10.1 Å². The van der Waals surface area contributed by atoms with Gasteiger partial charge in [0.1, 0.15) is 12.3 Å². The van der Waals surface area contributed by atoms with E-state index >= 15 is 0 Å². The molecule has 0 aliphatic heterocycles. The van der Waals surface area contributed by atoms with Gasteiger partial charge in [0, 0.05) is 25.0 Å². The standard InChI is InChI=1S/C16H16N2O4/c19-18(20)13-6-7-16(17-10-13)22-15-8-14(9-15)21-11-12-4-2-1-3-5-12/h1-7,10,14-15H,8-9,11H2/t14-,15+. The predicted octanol–water partition coefficient (Wildman–Crippen LogP) is 3.12. The smallest absolute Gasteiger partial charge is 0.287 e. The van der Waals surface area contributed by atoms with Crippen LogP contribution in [0.5, 0.6) is 5.88 Å². The third kappa shape index (κ3) is 3.59. The van der Waals surface area contributed by atoms with Crippen LogP contribution < -0.4 is 4.74 Å². The van der Waals surface area contributed by atoms with E-state index in [-0.39, 0.29) is 17.9 Å². The molecule has 0 radical (unpaired) electrons. The number of ether oxygens (including phenoxy) is 2. The van der Waals surface area contributed by atoms with Crippen LogP contribution in [0, 0.1) is 10.1 Å². The van der Waals surface area contributed by atoms with Gasteiger partial charge in [0.05, 0.1) is 17.6 Å². The molecule has 1 fully saturated rings. The lowest BCUT2D eigenvalue weighted by molar-refractivity contribution is -0.385. The van der Waals surface area contributed by atoms with Gasteiger partial charge < -0.3 is 9.47 Å². The fourth-order valence-corrected chi connectivity index (χ4v) is 2.26. The van der Waals surface area contributed by atoms with Crippen molar-refractivity contribution in [2.75, 3.05) is 0 Å². The minimum atomic E-state index is -0.479. The highest BCUT2D eigenvalue weighted by molar-refractivity contribution is 5.29. The summed E-state index contributed by atoms with van der Waals surface area (Å²) in [6, 6.07) is 13.0. The van der Waals surface area contributed by atoms with Crippen molar-refractivity contribution in [2.45, 2.75) is 31.7 Å². The molecule has 1 saturated carbocycles. The average Bonchev–Trinajstić information content (AvgIpc) is 2.51. The summed E-state index contributed by atoms with van der Waals surface area (Å²) in [5, 5.41) is 10.5. The Balaban J connectivity index is 1.41. The van der Waals surface area contributed by atoms with Crippen molar-refractivity contribution in [1.29, 1.82) is 0 Å². The first-order valence-electron chi connectivity index (χ1n) is 7.13. The molecular formula is C16H16N2O4. The normalized spacial score (nSPS) is 20.2. The van der Waals surface area contributed by atoms with Gasteiger partial charge in [-0.3, -0.25) is 10.1 Å². The summed E-state index contributed by atoms with van der Waals surface area (Å²) in [5.41, 5.74) is 1.12. The number of nitrogens with zero attached hydrogens (tertiary/aromatic N) is 2. The second-order valence-electron chi connectivity index (χ2n) is 5.24. The molecule has 0 bridgehead atoms. The molecule has 1 aliphatic rings. The number of benzene rings is 1. The summed E-state index contributed by atoms with van der Waals surface area (Å²) in [7, 11) is 0. The Kier molecular flexibility index (Phi) is 4.29. The van der Waals surface area contributed by atoms with Gasteiger partial charge in [0.2, 0.25) is 5.88 Å². The number of rotatable bonds is 6. The van der Waals surface area contributed by atoms with Crippen LogP contribution in [0.3, 0.4) is 0 Å². The highest BCUT2D eigenvalue weighted by Crippen LogP contribution is 2.28. The number of hydrogen-bond donors (Lipinski definition) is 0. The van der Waals surface area contributed by atoms with E-state index in [2.05, 4.69) is 4.98 Å². The zero-order valence-corrected chi connectivity index (χ0v) is 11.9. The average molecular weight is 300 g/mol. The van der Waals surface area contributed by atoms with E-state index in [0.717, 1.165) is 18.4 Å². The van der Waals surface area contributed by atoms with E-state index < -0.39 is 4.92 Å². The van der Waals surface area contributed by atoms with Crippen molar-refractivity contribution in [1.82, 2.24) is 4.98 Å². The van der Waals surface area contributed by atoms with E-state index in [0.29, 0.717) is 12.5 Å². The van der Waals surface area contributed by atoms with Gasteiger partial charge >= 0.3 is 0 Å². The quantitative estimate of drug-likeness (QED) is 0.605. The molecule has 114 valence electrons. The third-order valence-electron chi connectivity index (χ3n) is 3.60. The Bertz CT molecular complexity index is 624. The van der Waals surface area contributed by atoms with Crippen molar-refractivity contribution in [3.8, 4) is 5.88 Å². The second kappa shape index (κ2) is 6.53. The van der Waals surface area contributed by atoms with Crippen LogP contribution in [-0.4, -0.2) is 22.1 Å². The second-order valence-corrected chi connectivity index (χ2v) is 5.24. The van der Waals surface area contributed by atoms with Crippen LogP contribution in [0.1, 0.15) is 18.4 Å². The summed E-state index contributed by atoms with van der Waals surface area (Å²) >= 11 is 0. The molecule has 0 saturated heterocycles. The molecule has 0 N–H and O–H groups in total. The lowest BCUT2D eigenvalue weighted by Gasteiger charge is -2.34. The maximum Gasteiger partial charge on any atom is 0.287 e. The van der Waals surface area contributed by atoms with Gasteiger partial charge in [-0.15, -0.1) is 0 Å². The fourth-order valence-electron chi connectivity index (χ4n) is 2.26. The molecule has 1 aromatic carbocycles. The predicted molar refractivity (Wildman–Crippen MR) is 79.6 cm³/mol. The molecule has 6 nitrogen and oxygen atoms in total.